The molecule has 1 saturated carbocycles. The first-order valence-corrected chi connectivity index (χ1v) is 8.26. The summed E-state index contributed by atoms with van der Waals surface area (Å²) in [7, 11) is 1.65. The fraction of sp³-hybridized carbons (Fsp3) is 0.647. The van der Waals surface area contributed by atoms with Crippen molar-refractivity contribution in [2.75, 3.05) is 7.11 Å². The lowest BCUT2D eigenvalue weighted by Gasteiger charge is -2.22. The molecule has 2 N–H and O–H groups in total. The molecule has 1 aromatic rings. The molecule has 2 rings (SSSR count). The van der Waals surface area contributed by atoms with Gasteiger partial charge in [0.25, 0.3) is 0 Å². The van der Waals surface area contributed by atoms with Crippen molar-refractivity contribution < 1.29 is 9.47 Å². The van der Waals surface area contributed by atoms with Crippen LogP contribution in [0.3, 0.4) is 0 Å². The summed E-state index contributed by atoms with van der Waals surface area (Å²) in [5.41, 5.74) is 6.99. The summed E-state index contributed by atoms with van der Waals surface area (Å²) in [4.78, 5) is 0. The molecular weight excluding hydrogens is 286 g/mol. The monoisotopic (exact) mass is 311 g/mol. The van der Waals surface area contributed by atoms with Crippen molar-refractivity contribution in [3.8, 4) is 11.5 Å². The molecule has 0 amide bonds. The van der Waals surface area contributed by atoms with Crippen molar-refractivity contribution in [2.24, 2.45) is 5.73 Å². The molecule has 0 aromatic heterocycles. The van der Waals surface area contributed by atoms with Gasteiger partial charge in [-0.3, -0.25) is 0 Å². The fourth-order valence-corrected chi connectivity index (χ4v) is 3.16. The minimum absolute atomic E-state index is 0.0599. The Bertz CT molecular complexity index is 454. The van der Waals surface area contributed by atoms with E-state index in [-0.39, 0.29) is 12.1 Å². The normalized spacial score (nSPS) is 18.1. The summed E-state index contributed by atoms with van der Waals surface area (Å²) in [5, 5.41) is 0.663. The topological polar surface area (TPSA) is 44.5 Å². The molecule has 21 heavy (non-hydrogen) atoms. The number of rotatable bonds is 5. The summed E-state index contributed by atoms with van der Waals surface area (Å²) in [5.74, 6) is 1.54. The molecule has 1 atom stereocenters. The third-order valence-electron chi connectivity index (χ3n) is 3.95. The predicted molar refractivity (Wildman–Crippen MR) is 87.5 cm³/mol. The Kier molecular flexibility index (Phi) is 6.19. The third kappa shape index (κ3) is 4.79. The van der Waals surface area contributed by atoms with Gasteiger partial charge in [0.2, 0.25) is 0 Å². The van der Waals surface area contributed by atoms with Crippen LogP contribution in [0.15, 0.2) is 12.1 Å². The number of benzene rings is 1. The molecule has 0 saturated heterocycles. The molecule has 0 aliphatic heterocycles. The molecule has 1 fully saturated rings. The van der Waals surface area contributed by atoms with Crippen molar-refractivity contribution in [3.05, 3.63) is 22.7 Å². The van der Waals surface area contributed by atoms with Gasteiger partial charge in [0.05, 0.1) is 13.2 Å². The van der Waals surface area contributed by atoms with Gasteiger partial charge >= 0.3 is 0 Å². The van der Waals surface area contributed by atoms with E-state index in [2.05, 4.69) is 0 Å². The van der Waals surface area contributed by atoms with Crippen LogP contribution < -0.4 is 15.2 Å². The number of hydrogen-bond donors (Lipinski definition) is 1. The minimum Gasteiger partial charge on any atom is -0.493 e. The summed E-state index contributed by atoms with van der Waals surface area (Å²) in [6.07, 6.45) is 8.33. The van der Waals surface area contributed by atoms with E-state index in [1.165, 1.54) is 25.7 Å². The Hall–Kier alpha value is -0.930. The van der Waals surface area contributed by atoms with Gasteiger partial charge in [-0.1, -0.05) is 24.4 Å². The van der Waals surface area contributed by atoms with E-state index in [0.29, 0.717) is 10.8 Å². The highest BCUT2D eigenvalue weighted by atomic mass is 35.5. The zero-order chi connectivity index (χ0) is 15.2. The quantitative estimate of drug-likeness (QED) is 0.823. The van der Waals surface area contributed by atoms with Crippen LogP contribution in [0.2, 0.25) is 5.02 Å². The van der Waals surface area contributed by atoms with Gasteiger partial charge in [0.15, 0.2) is 11.5 Å². The Morgan fingerprint density at radius 1 is 1.24 bits per heavy atom. The maximum atomic E-state index is 6.31. The summed E-state index contributed by atoms with van der Waals surface area (Å²) >= 11 is 6.18. The van der Waals surface area contributed by atoms with Gasteiger partial charge in [0, 0.05) is 22.7 Å². The van der Waals surface area contributed by atoms with Crippen molar-refractivity contribution in [1.29, 1.82) is 0 Å². The van der Waals surface area contributed by atoms with Crippen molar-refractivity contribution in [1.82, 2.24) is 0 Å². The highest BCUT2D eigenvalue weighted by molar-refractivity contribution is 6.30. The van der Waals surface area contributed by atoms with Crippen LogP contribution in [0.1, 0.15) is 51.0 Å². The summed E-state index contributed by atoms with van der Waals surface area (Å²) in [6, 6.07) is 3.82. The van der Waals surface area contributed by atoms with Crippen LogP contribution in [0, 0.1) is 0 Å². The van der Waals surface area contributed by atoms with E-state index in [0.717, 1.165) is 30.6 Å². The van der Waals surface area contributed by atoms with Crippen molar-refractivity contribution in [3.63, 3.8) is 0 Å². The first kappa shape index (κ1) is 16.4. The molecule has 1 aromatic carbocycles. The van der Waals surface area contributed by atoms with Crippen LogP contribution in [-0.2, 0) is 6.42 Å². The number of methoxy groups -OCH3 is 1. The van der Waals surface area contributed by atoms with E-state index >= 15 is 0 Å². The lowest BCUT2D eigenvalue weighted by atomic mass is 10.1. The van der Waals surface area contributed by atoms with E-state index < -0.39 is 0 Å². The van der Waals surface area contributed by atoms with E-state index in [1.54, 1.807) is 7.11 Å². The number of halogens is 1. The molecule has 3 nitrogen and oxygen atoms in total. The maximum Gasteiger partial charge on any atom is 0.164 e. The van der Waals surface area contributed by atoms with Crippen LogP contribution in [0.25, 0.3) is 0 Å². The largest absolute Gasteiger partial charge is 0.493 e. The van der Waals surface area contributed by atoms with Crippen molar-refractivity contribution >= 4 is 11.6 Å². The zero-order valence-corrected chi connectivity index (χ0v) is 13.8. The van der Waals surface area contributed by atoms with Gasteiger partial charge in [0.1, 0.15) is 0 Å². The van der Waals surface area contributed by atoms with Crippen LogP contribution in [-0.4, -0.2) is 19.3 Å². The fourth-order valence-electron chi connectivity index (χ4n) is 2.93. The lowest BCUT2D eigenvalue weighted by Crippen LogP contribution is -2.21. The van der Waals surface area contributed by atoms with Gasteiger partial charge in [-0.2, -0.15) is 0 Å². The molecule has 0 bridgehead atoms. The third-order valence-corrected chi connectivity index (χ3v) is 4.16. The standard InChI is InChI=1S/C17H26ClNO2/c1-12(19)9-13-10-14(18)11-16(20-2)17(13)21-15-7-5-3-4-6-8-15/h10-12,15H,3-9,19H2,1-2H3. The first-order valence-electron chi connectivity index (χ1n) is 7.88. The van der Waals surface area contributed by atoms with Crippen LogP contribution in [0.4, 0.5) is 0 Å². The van der Waals surface area contributed by atoms with E-state index in [9.17, 15) is 0 Å². The Balaban J connectivity index is 2.25. The van der Waals surface area contributed by atoms with Gasteiger partial charge in [-0.05, 0) is 45.1 Å². The van der Waals surface area contributed by atoms with Gasteiger partial charge in [-0.15, -0.1) is 0 Å². The minimum atomic E-state index is 0.0599. The highest BCUT2D eigenvalue weighted by Crippen LogP contribution is 2.37. The van der Waals surface area contributed by atoms with Crippen molar-refractivity contribution in [2.45, 2.75) is 64.0 Å². The molecule has 0 heterocycles. The number of ether oxygens (including phenoxy) is 2. The zero-order valence-electron chi connectivity index (χ0n) is 13.0. The molecule has 0 spiro atoms. The second-order valence-corrected chi connectivity index (χ2v) is 6.45. The first-order chi connectivity index (χ1) is 10.1. The molecular formula is C17H26ClNO2. The summed E-state index contributed by atoms with van der Waals surface area (Å²) in [6.45, 7) is 1.99. The molecule has 4 heteroatoms. The Morgan fingerprint density at radius 2 is 1.90 bits per heavy atom. The molecule has 0 radical (unpaired) electrons. The average Bonchev–Trinajstić information content (AvgIpc) is 2.69. The number of hydrogen-bond acceptors (Lipinski definition) is 3. The smallest absolute Gasteiger partial charge is 0.164 e. The van der Waals surface area contributed by atoms with E-state index in [1.807, 2.05) is 19.1 Å². The second kappa shape index (κ2) is 7.90. The molecule has 1 aliphatic rings. The highest BCUT2D eigenvalue weighted by Gasteiger charge is 2.20. The Labute approximate surface area is 132 Å². The number of nitrogens with two attached hydrogens (primary N) is 1. The molecule has 1 aliphatic carbocycles. The molecule has 1 unspecified atom stereocenters. The van der Waals surface area contributed by atoms with Gasteiger partial charge < -0.3 is 15.2 Å². The SMILES string of the molecule is COc1cc(Cl)cc(CC(C)N)c1OC1CCCCCC1. The lowest BCUT2D eigenvalue weighted by molar-refractivity contribution is 0.174. The summed E-state index contributed by atoms with van der Waals surface area (Å²) < 4.78 is 11.8. The average molecular weight is 312 g/mol. The van der Waals surface area contributed by atoms with Gasteiger partial charge in [-0.25, -0.2) is 0 Å². The van der Waals surface area contributed by atoms with Crippen LogP contribution in [0.5, 0.6) is 11.5 Å². The van der Waals surface area contributed by atoms with Crippen LogP contribution >= 0.6 is 11.6 Å². The maximum absolute atomic E-state index is 6.31. The second-order valence-electron chi connectivity index (χ2n) is 6.01. The Morgan fingerprint density at radius 3 is 2.48 bits per heavy atom. The molecule has 118 valence electrons. The van der Waals surface area contributed by atoms with E-state index in [4.69, 9.17) is 26.8 Å². The predicted octanol–water partition coefficient (Wildman–Crippen LogP) is 4.34.